The van der Waals surface area contributed by atoms with E-state index in [1.165, 1.54) is 23.1 Å². The lowest BCUT2D eigenvalue weighted by atomic mass is 10.0. The molecule has 0 saturated heterocycles. The number of sulfonamides is 1. The molecule has 0 unspecified atom stereocenters. The number of amides is 2. The fourth-order valence-corrected chi connectivity index (χ4v) is 6.01. The number of rotatable bonds is 11. The van der Waals surface area contributed by atoms with Crippen molar-refractivity contribution in [3.63, 3.8) is 0 Å². The molecule has 10 heteroatoms. The second kappa shape index (κ2) is 13.3. The first-order valence-corrected chi connectivity index (χ1v) is 15.4. The maximum Gasteiger partial charge on any atom is 0.244 e. The van der Waals surface area contributed by atoms with Gasteiger partial charge in [0.2, 0.25) is 21.8 Å². The summed E-state index contributed by atoms with van der Waals surface area (Å²) in [4.78, 5) is 29.2. The molecule has 4 rings (SSSR count). The summed E-state index contributed by atoms with van der Waals surface area (Å²) in [7, 11) is -3.98. The van der Waals surface area contributed by atoms with Crippen LogP contribution < -0.4 is 9.62 Å². The Morgan fingerprint density at radius 3 is 2.33 bits per heavy atom. The second-order valence-electron chi connectivity index (χ2n) is 10.1. The molecule has 0 aromatic heterocycles. The summed E-state index contributed by atoms with van der Waals surface area (Å²) in [6.07, 6.45) is 4.95. The van der Waals surface area contributed by atoms with Gasteiger partial charge in [0, 0.05) is 24.0 Å². The molecule has 0 radical (unpaired) electrons. The first kappa shape index (κ1) is 29.6. The van der Waals surface area contributed by atoms with E-state index in [0.29, 0.717) is 10.6 Å². The largest absolute Gasteiger partial charge is 0.352 e. The monoisotopic (exact) mass is 585 g/mol. The van der Waals surface area contributed by atoms with Crippen molar-refractivity contribution in [3.8, 4) is 0 Å². The van der Waals surface area contributed by atoms with E-state index < -0.39 is 34.3 Å². The molecule has 0 spiro atoms. The SMILES string of the molecule is CS(=O)(=O)N(CC(=O)N(Cc1ccccc1Cl)[C@H](Cc1ccccc1)C(=O)NC1CCCC1)c1cccc(F)c1. The van der Waals surface area contributed by atoms with Gasteiger partial charge in [-0.3, -0.25) is 13.9 Å². The van der Waals surface area contributed by atoms with Crippen molar-refractivity contribution in [2.75, 3.05) is 17.1 Å². The van der Waals surface area contributed by atoms with Crippen molar-refractivity contribution in [3.05, 3.63) is 101 Å². The lowest BCUT2D eigenvalue weighted by Crippen LogP contribution is -2.54. The molecular weight excluding hydrogens is 553 g/mol. The van der Waals surface area contributed by atoms with Gasteiger partial charge in [-0.15, -0.1) is 0 Å². The van der Waals surface area contributed by atoms with Crippen molar-refractivity contribution in [2.45, 2.75) is 50.7 Å². The minimum absolute atomic E-state index is 0.0165. The number of benzene rings is 3. The number of anilines is 1. The molecule has 1 aliphatic rings. The smallest absolute Gasteiger partial charge is 0.244 e. The van der Waals surface area contributed by atoms with Crippen LogP contribution in [0.2, 0.25) is 5.02 Å². The Kier molecular flexibility index (Phi) is 9.81. The Hall–Kier alpha value is -3.43. The lowest BCUT2D eigenvalue weighted by Gasteiger charge is -2.34. The van der Waals surface area contributed by atoms with Crippen LogP contribution >= 0.6 is 11.6 Å². The Morgan fingerprint density at radius 1 is 1.00 bits per heavy atom. The van der Waals surface area contributed by atoms with Gasteiger partial charge in [-0.05, 0) is 48.2 Å². The van der Waals surface area contributed by atoms with Crippen molar-refractivity contribution in [2.24, 2.45) is 0 Å². The zero-order valence-corrected chi connectivity index (χ0v) is 23.9. The maximum atomic E-state index is 14.1. The summed E-state index contributed by atoms with van der Waals surface area (Å²) >= 11 is 6.46. The third-order valence-corrected chi connectivity index (χ3v) is 8.56. The average molecular weight is 586 g/mol. The van der Waals surface area contributed by atoms with Gasteiger partial charge in [-0.25, -0.2) is 12.8 Å². The normalized spacial score (nSPS) is 14.5. The molecule has 1 saturated carbocycles. The van der Waals surface area contributed by atoms with Crippen LogP contribution in [-0.2, 0) is 32.6 Å². The molecule has 0 aliphatic heterocycles. The van der Waals surface area contributed by atoms with Crippen LogP contribution in [0.3, 0.4) is 0 Å². The topological polar surface area (TPSA) is 86.8 Å². The number of carbonyl (C=O) groups is 2. The van der Waals surface area contributed by atoms with Gasteiger partial charge in [0.1, 0.15) is 18.4 Å². The Morgan fingerprint density at radius 2 is 1.68 bits per heavy atom. The molecule has 40 heavy (non-hydrogen) atoms. The molecule has 3 aromatic carbocycles. The van der Waals surface area contributed by atoms with E-state index >= 15 is 0 Å². The highest BCUT2D eigenvalue weighted by molar-refractivity contribution is 7.92. The Bertz CT molecular complexity index is 1430. The number of hydrogen-bond donors (Lipinski definition) is 1. The molecule has 1 aliphatic carbocycles. The molecule has 2 amide bonds. The highest BCUT2D eigenvalue weighted by atomic mass is 35.5. The van der Waals surface area contributed by atoms with Crippen LogP contribution in [0.25, 0.3) is 0 Å². The lowest BCUT2D eigenvalue weighted by molar-refractivity contribution is -0.140. The van der Waals surface area contributed by atoms with Crippen molar-refractivity contribution >= 4 is 39.1 Å². The maximum absolute atomic E-state index is 14.1. The Balaban J connectivity index is 1.73. The van der Waals surface area contributed by atoms with Gasteiger partial charge in [0.05, 0.1) is 11.9 Å². The summed E-state index contributed by atoms with van der Waals surface area (Å²) in [6.45, 7) is -0.635. The van der Waals surface area contributed by atoms with E-state index in [2.05, 4.69) is 5.32 Å². The van der Waals surface area contributed by atoms with E-state index in [0.717, 1.165) is 47.9 Å². The fourth-order valence-electron chi connectivity index (χ4n) is 4.98. The quantitative estimate of drug-likeness (QED) is 0.345. The summed E-state index contributed by atoms with van der Waals surface area (Å²) < 4.78 is 40.4. The van der Waals surface area contributed by atoms with E-state index in [-0.39, 0.29) is 30.6 Å². The van der Waals surface area contributed by atoms with Crippen LogP contribution in [0.4, 0.5) is 10.1 Å². The third-order valence-electron chi connectivity index (χ3n) is 7.05. The van der Waals surface area contributed by atoms with E-state index in [4.69, 9.17) is 11.6 Å². The highest BCUT2D eigenvalue weighted by Gasteiger charge is 2.34. The molecule has 0 bridgehead atoms. The van der Waals surface area contributed by atoms with Gasteiger partial charge in [0.15, 0.2) is 0 Å². The van der Waals surface area contributed by atoms with Crippen molar-refractivity contribution < 1.29 is 22.4 Å². The van der Waals surface area contributed by atoms with Crippen LogP contribution in [0, 0.1) is 5.82 Å². The number of carbonyl (C=O) groups excluding carboxylic acids is 2. The van der Waals surface area contributed by atoms with Gasteiger partial charge < -0.3 is 10.2 Å². The van der Waals surface area contributed by atoms with Crippen molar-refractivity contribution in [1.29, 1.82) is 0 Å². The molecule has 212 valence electrons. The highest BCUT2D eigenvalue weighted by Crippen LogP contribution is 2.24. The first-order chi connectivity index (χ1) is 19.1. The molecule has 1 atom stereocenters. The molecule has 7 nitrogen and oxygen atoms in total. The number of hydrogen-bond acceptors (Lipinski definition) is 4. The van der Waals surface area contributed by atoms with Crippen LogP contribution in [0.15, 0.2) is 78.9 Å². The van der Waals surface area contributed by atoms with Crippen LogP contribution in [-0.4, -0.2) is 50.0 Å². The van der Waals surface area contributed by atoms with E-state index in [1.807, 2.05) is 30.3 Å². The van der Waals surface area contributed by atoms with Gasteiger partial charge in [0.25, 0.3) is 0 Å². The minimum Gasteiger partial charge on any atom is -0.352 e. The number of nitrogens with one attached hydrogen (secondary N) is 1. The summed E-state index contributed by atoms with van der Waals surface area (Å²) in [5.74, 6) is -1.56. The summed E-state index contributed by atoms with van der Waals surface area (Å²) in [6, 6.07) is 20.5. The zero-order valence-electron chi connectivity index (χ0n) is 22.3. The number of nitrogens with zero attached hydrogens (tertiary/aromatic N) is 2. The van der Waals surface area contributed by atoms with Gasteiger partial charge in [-0.2, -0.15) is 0 Å². The Labute approximate surface area is 240 Å². The van der Waals surface area contributed by atoms with Crippen molar-refractivity contribution in [1.82, 2.24) is 10.2 Å². The van der Waals surface area contributed by atoms with Crippen LogP contribution in [0.5, 0.6) is 0 Å². The fraction of sp³-hybridized carbons (Fsp3) is 0.333. The van der Waals surface area contributed by atoms with E-state index in [9.17, 15) is 22.4 Å². The summed E-state index contributed by atoms with van der Waals surface area (Å²) in [5, 5.41) is 3.53. The van der Waals surface area contributed by atoms with Gasteiger partial charge in [-0.1, -0.05) is 79.0 Å². The minimum atomic E-state index is -3.98. The second-order valence-corrected chi connectivity index (χ2v) is 12.4. The van der Waals surface area contributed by atoms with Crippen LogP contribution in [0.1, 0.15) is 36.8 Å². The van der Waals surface area contributed by atoms with E-state index in [1.54, 1.807) is 24.3 Å². The molecule has 3 aromatic rings. The first-order valence-electron chi connectivity index (χ1n) is 13.2. The molecule has 0 heterocycles. The average Bonchev–Trinajstić information content (AvgIpc) is 3.43. The standard InChI is InChI=1S/C30H33ClFN3O4S/c1-40(38,39)35(26-16-9-13-24(32)19-26)21-29(36)34(20-23-12-5-8-17-27(23)31)28(18-22-10-3-2-4-11-22)30(37)33-25-14-6-7-15-25/h2-5,8-13,16-17,19,25,28H,6-7,14-15,18,20-21H2,1H3,(H,33,37)/t28-/m1/s1. The molecule has 1 fully saturated rings. The van der Waals surface area contributed by atoms with Gasteiger partial charge >= 0.3 is 0 Å². The molecule has 1 N–H and O–H groups in total. The molecular formula is C30H33ClFN3O4S. The predicted octanol–water partition coefficient (Wildman–Crippen LogP) is 4.94. The summed E-state index contributed by atoms with van der Waals surface area (Å²) in [5.41, 5.74) is 1.47. The number of halogens is 2. The third kappa shape index (κ3) is 7.82. The zero-order chi connectivity index (χ0) is 28.7. The predicted molar refractivity (Wildman–Crippen MR) is 155 cm³/mol.